The van der Waals surface area contributed by atoms with Gasteiger partial charge in [-0.3, -0.25) is 9.69 Å². The Bertz CT molecular complexity index is 952. The first kappa shape index (κ1) is 21.8. The van der Waals surface area contributed by atoms with Crippen LogP contribution in [0.5, 0.6) is 0 Å². The normalized spacial score (nSPS) is 17.1. The van der Waals surface area contributed by atoms with Crippen LogP contribution in [-0.4, -0.2) is 38.6 Å². The second-order valence-corrected chi connectivity index (χ2v) is 10.1. The monoisotopic (exact) mass is 434 g/mol. The SMILES string of the molecule is CC(NC(=O)C1CCN(Cc2ccccc2Cl)CC1)c1ccc(S(C)(=O)=O)cc1. The number of carbonyl (C=O) groups is 1. The number of sulfone groups is 1. The summed E-state index contributed by atoms with van der Waals surface area (Å²) in [6.07, 6.45) is 2.82. The number of hydrogen-bond donors (Lipinski definition) is 1. The third-order valence-electron chi connectivity index (χ3n) is 5.48. The van der Waals surface area contributed by atoms with Crippen LogP contribution in [0.1, 0.15) is 36.9 Å². The highest BCUT2D eigenvalue weighted by molar-refractivity contribution is 7.90. The topological polar surface area (TPSA) is 66.5 Å². The first-order valence-electron chi connectivity index (χ1n) is 9.80. The summed E-state index contributed by atoms with van der Waals surface area (Å²) in [7, 11) is -3.22. The number of hydrogen-bond acceptors (Lipinski definition) is 4. The molecular formula is C22H27ClN2O3S. The average molecular weight is 435 g/mol. The van der Waals surface area contributed by atoms with Crippen LogP contribution in [0.15, 0.2) is 53.4 Å². The number of carbonyl (C=O) groups excluding carboxylic acids is 1. The standard InChI is InChI=1S/C22H27ClN2O3S/c1-16(17-7-9-20(10-8-17)29(2,27)28)24-22(26)18-11-13-25(14-12-18)15-19-5-3-4-6-21(19)23/h3-10,16,18H,11-15H2,1-2H3,(H,24,26). The summed E-state index contributed by atoms with van der Waals surface area (Å²) < 4.78 is 23.2. The largest absolute Gasteiger partial charge is 0.349 e. The fraction of sp³-hybridized carbons (Fsp3) is 0.409. The molecule has 0 radical (unpaired) electrons. The van der Waals surface area contributed by atoms with Gasteiger partial charge in [0.2, 0.25) is 5.91 Å². The fourth-order valence-electron chi connectivity index (χ4n) is 3.64. The van der Waals surface area contributed by atoms with Gasteiger partial charge in [-0.05, 0) is 62.2 Å². The number of benzene rings is 2. The second-order valence-electron chi connectivity index (χ2n) is 7.71. The molecule has 156 valence electrons. The maximum atomic E-state index is 12.7. The van der Waals surface area contributed by atoms with Crippen molar-refractivity contribution in [3.8, 4) is 0 Å². The van der Waals surface area contributed by atoms with E-state index in [-0.39, 0.29) is 22.8 Å². The van der Waals surface area contributed by atoms with E-state index >= 15 is 0 Å². The van der Waals surface area contributed by atoms with E-state index in [9.17, 15) is 13.2 Å². The van der Waals surface area contributed by atoms with Crippen molar-refractivity contribution in [3.05, 3.63) is 64.7 Å². The van der Waals surface area contributed by atoms with Gasteiger partial charge in [-0.2, -0.15) is 0 Å². The number of nitrogens with one attached hydrogen (secondary N) is 1. The van der Waals surface area contributed by atoms with Crippen molar-refractivity contribution in [3.63, 3.8) is 0 Å². The minimum atomic E-state index is -3.22. The van der Waals surface area contributed by atoms with Crippen LogP contribution in [0, 0.1) is 5.92 Å². The predicted octanol–water partition coefficient (Wildman–Crippen LogP) is 3.83. The van der Waals surface area contributed by atoms with Crippen molar-refractivity contribution in [2.45, 2.75) is 37.2 Å². The maximum Gasteiger partial charge on any atom is 0.223 e. The highest BCUT2D eigenvalue weighted by atomic mass is 35.5. The molecule has 0 bridgehead atoms. The molecule has 5 nitrogen and oxygen atoms in total. The molecule has 3 rings (SSSR count). The molecule has 2 aromatic carbocycles. The lowest BCUT2D eigenvalue weighted by molar-refractivity contribution is -0.127. The molecule has 2 aromatic rings. The lowest BCUT2D eigenvalue weighted by Crippen LogP contribution is -2.40. The Morgan fingerprint density at radius 1 is 1.14 bits per heavy atom. The van der Waals surface area contributed by atoms with Gasteiger partial charge in [0, 0.05) is 23.7 Å². The third-order valence-corrected chi connectivity index (χ3v) is 6.97. The third kappa shape index (κ3) is 5.81. The van der Waals surface area contributed by atoms with Crippen molar-refractivity contribution in [1.82, 2.24) is 10.2 Å². The Labute approximate surface area is 178 Å². The van der Waals surface area contributed by atoms with Crippen LogP contribution >= 0.6 is 11.6 Å². The Morgan fingerprint density at radius 3 is 2.34 bits per heavy atom. The van der Waals surface area contributed by atoms with E-state index in [1.165, 1.54) is 6.26 Å². The number of amides is 1. The van der Waals surface area contributed by atoms with Crippen LogP contribution < -0.4 is 5.32 Å². The van der Waals surface area contributed by atoms with Crippen molar-refractivity contribution >= 4 is 27.3 Å². The van der Waals surface area contributed by atoms with Crippen molar-refractivity contribution in [2.24, 2.45) is 5.92 Å². The molecule has 0 saturated carbocycles. The summed E-state index contributed by atoms with van der Waals surface area (Å²) in [4.78, 5) is 15.3. The minimum Gasteiger partial charge on any atom is -0.349 e. The number of halogens is 1. The highest BCUT2D eigenvalue weighted by Crippen LogP contribution is 2.23. The quantitative estimate of drug-likeness (QED) is 0.750. The lowest BCUT2D eigenvalue weighted by atomic mass is 9.95. The average Bonchev–Trinajstić information content (AvgIpc) is 2.69. The lowest BCUT2D eigenvalue weighted by Gasteiger charge is -2.32. The molecule has 1 heterocycles. The van der Waals surface area contributed by atoms with Gasteiger partial charge in [0.1, 0.15) is 0 Å². The van der Waals surface area contributed by atoms with Gasteiger partial charge in [0.15, 0.2) is 9.84 Å². The van der Waals surface area contributed by atoms with Gasteiger partial charge in [-0.25, -0.2) is 8.42 Å². The van der Waals surface area contributed by atoms with Crippen LogP contribution in [0.4, 0.5) is 0 Å². The van der Waals surface area contributed by atoms with E-state index in [0.717, 1.165) is 48.6 Å². The van der Waals surface area contributed by atoms with E-state index in [1.54, 1.807) is 24.3 Å². The van der Waals surface area contributed by atoms with Crippen LogP contribution in [-0.2, 0) is 21.2 Å². The number of rotatable bonds is 6. The van der Waals surface area contributed by atoms with Crippen LogP contribution in [0.2, 0.25) is 5.02 Å². The summed E-state index contributed by atoms with van der Waals surface area (Å²) in [5, 5.41) is 3.85. The molecule has 1 N–H and O–H groups in total. The molecule has 7 heteroatoms. The molecule has 1 fully saturated rings. The first-order valence-corrected chi connectivity index (χ1v) is 12.1. The van der Waals surface area contributed by atoms with Gasteiger partial charge in [-0.1, -0.05) is 41.9 Å². The van der Waals surface area contributed by atoms with Crippen molar-refractivity contribution in [2.75, 3.05) is 19.3 Å². The van der Waals surface area contributed by atoms with E-state index in [0.29, 0.717) is 0 Å². The van der Waals surface area contributed by atoms with Gasteiger partial charge in [-0.15, -0.1) is 0 Å². The molecule has 0 aromatic heterocycles. The molecule has 29 heavy (non-hydrogen) atoms. The molecule has 1 aliphatic heterocycles. The Morgan fingerprint density at radius 2 is 1.76 bits per heavy atom. The van der Waals surface area contributed by atoms with E-state index in [1.807, 2.05) is 31.2 Å². The molecule has 1 unspecified atom stereocenters. The van der Waals surface area contributed by atoms with E-state index in [2.05, 4.69) is 10.2 Å². The molecule has 1 amide bonds. The Kier molecular flexibility index (Phi) is 6.98. The fourth-order valence-corrected chi connectivity index (χ4v) is 4.47. The zero-order valence-corrected chi connectivity index (χ0v) is 18.3. The molecule has 0 aliphatic carbocycles. The van der Waals surface area contributed by atoms with Gasteiger partial charge >= 0.3 is 0 Å². The van der Waals surface area contributed by atoms with E-state index in [4.69, 9.17) is 11.6 Å². The molecular weight excluding hydrogens is 408 g/mol. The smallest absolute Gasteiger partial charge is 0.223 e. The summed E-state index contributed by atoms with van der Waals surface area (Å²) in [6, 6.07) is 14.4. The van der Waals surface area contributed by atoms with E-state index < -0.39 is 9.84 Å². The Hall–Kier alpha value is -1.89. The highest BCUT2D eigenvalue weighted by Gasteiger charge is 2.26. The summed E-state index contributed by atoms with van der Waals surface area (Å²) in [5.74, 6) is 0.0531. The number of likely N-dealkylation sites (tertiary alicyclic amines) is 1. The summed E-state index contributed by atoms with van der Waals surface area (Å²) in [6.45, 7) is 4.44. The summed E-state index contributed by atoms with van der Waals surface area (Å²) in [5.41, 5.74) is 2.00. The zero-order valence-electron chi connectivity index (χ0n) is 16.8. The number of piperidine rings is 1. The van der Waals surface area contributed by atoms with Gasteiger partial charge in [0.25, 0.3) is 0 Å². The van der Waals surface area contributed by atoms with Crippen LogP contribution in [0.3, 0.4) is 0 Å². The Balaban J connectivity index is 1.51. The van der Waals surface area contributed by atoms with Gasteiger partial charge < -0.3 is 5.32 Å². The van der Waals surface area contributed by atoms with Gasteiger partial charge in [0.05, 0.1) is 10.9 Å². The number of nitrogens with zero attached hydrogens (tertiary/aromatic N) is 1. The summed E-state index contributed by atoms with van der Waals surface area (Å²) >= 11 is 6.25. The maximum absolute atomic E-state index is 12.7. The van der Waals surface area contributed by atoms with Crippen LogP contribution in [0.25, 0.3) is 0 Å². The predicted molar refractivity (Wildman–Crippen MR) is 116 cm³/mol. The second kappa shape index (κ2) is 9.28. The molecule has 1 atom stereocenters. The van der Waals surface area contributed by atoms with Crippen molar-refractivity contribution < 1.29 is 13.2 Å². The van der Waals surface area contributed by atoms with Crippen molar-refractivity contribution in [1.29, 1.82) is 0 Å². The first-order chi connectivity index (χ1) is 13.7. The minimum absolute atomic E-state index is 0.00441. The molecule has 1 saturated heterocycles. The molecule has 1 aliphatic rings. The molecule has 0 spiro atoms. The zero-order chi connectivity index (χ0) is 21.0.